The highest BCUT2D eigenvalue weighted by atomic mass is 16.1. The maximum Gasteiger partial charge on any atom is 0.286 e. The van der Waals surface area contributed by atoms with Gasteiger partial charge in [-0.05, 0) is 25.1 Å². The molecule has 0 saturated heterocycles. The monoisotopic (exact) mass is 214 g/mol. The Morgan fingerprint density at radius 3 is 2.69 bits per heavy atom. The molecule has 2 heterocycles. The number of nitrogens with two attached hydrogens (primary N) is 1. The van der Waals surface area contributed by atoms with Crippen molar-refractivity contribution in [2.75, 3.05) is 0 Å². The summed E-state index contributed by atoms with van der Waals surface area (Å²) in [5.41, 5.74) is 7.12. The van der Waals surface area contributed by atoms with Crippen LogP contribution in [0.5, 0.6) is 0 Å². The first-order valence-corrected chi connectivity index (χ1v) is 4.74. The van der Waals surface area contributed by atoms with Crippen LogP contribution in [0.15, 0.2) is 30.5 Å². The van der Waals surface area contributed by atoms with E-state index in [1.54, 1.807) is 19.2 Å². The van der Waals surface area contributed by atoms with Gasteiger partial charge >= 0.3 is 0 Å². The van der Waals surface area contributed by atoms with Crippen molar-refractivity contribution in [1.29, 1.82) is 0 Å². The molecule has 0 aliphatic carbocycles. The summed E-state index contributed by atoms with van der Waals surface area (Å²) in [7, 11) is 0. The number of rotatable bonds is 2. The van der Waals surface area contributed by atoms with Gasteiger partial charge in [0, 0.05) is 11.9 Å². The summed E-state index contributed by atoms with van der Waals surface area (Å²) in [6, 6.07) is 7.23. The third-order valence-electron chi connectivity index (χ3n) is 2.00. The van der Waals surface area contributed by atoms with Gasteiger partial charge in [-0.15, -0.1) is 0 Å². The number of pyridine rings is 1. The summed E-state index contributed by atoms with van der Waals surface area (Å²) in [6.45, 7) is 1.78. The summed E-state index contributed by atoms with van der Waals surface area (Å²) < 4.78 is 0. The van der Waals surface area contributed by atoms with E-state index in [-0.39, 0.29) is 5.82 Å². The van der Waals surface area contributed by atoms with Crippen molar-refractivity contribution in [2.24, 2.45) is 5.73 Å². The first-order chi connectivity index (χ1) is 7.66. The summed E-state index contributed by atoms with van der Waals surface area (Å²) in [4.78, 5) is 23.2. The van der Waals surface area contributed by atoms with Gasteiger partial charge in [0.25, 0.3) is 5.91 Å². The zero-order valence-corrected chi connectivity index (χ0v) is 8.71. The summed E-state index contributed by atoms with van der Waals surface area (Å²) in [5.74, 6) is -0.624. The molecule has 0 spiro atoms. The van der Waals surface area contributed by atoms with E-state index in [2.05, 4.69) is 15.0 Å². The van der Waals surface area contributed by atoms with E-state index in [0.717, 1.165) is 0 Å². The van der Waals surface area contributed by atoms with Crippen LogP contribution in [-0.4, -0.2) is 20.9 Å². The van der Waals surface area contributed by atoms with Gasteiger partial charge in [-0.25, -0.2) is 9.97 Å². The lowest BCUT2D eigenvalue weighted by molar-refractivity contribution is 0.0990. The van der Waals surface area contributed by atoms with Crippen molar-refractivity contribution in [2.45, 2.75) is 6.92 Å². The molecular formula is C11H10N4O. The van der Waals surface area contributed by atoms with Gasteiger partial charge in [-0.1, -0.05) is 6.07 Å². The number of hydrogen-bond donors (Lipinski definition) is 1. The van der Waals surface area contributed by atoms with Crippen molar-refractivity contribution in [1.82, 2.24) is 15.0 Å². The van der Waals surface area contributed by atoms with Crippen molar-refractivity contribution in [3.8, 4) is 11.4 Å². The third kappa shape index (κ3) is 2.03. The Bertz CT molecular complexity index is 525. The fourth-order valence-corrected chi connectivity index (χ4v) is 1.32. The number of nitrogens with zero attached hydrogens (tertiary/aromatic N) is 3. The second kappa shape index (κ2) is 4.06. The van der Waals surface area contributed by atoms with Crippen molar-refractivity contribution >= 4 is 5.91 Å². The predicted molar refractivity (Wildman–Crippen MR) is 58.5 cm³/mol. The average molecular weight is 214 g/mol. The number of hydrogen-bond acceptors (Lipinski definition) is 4. The van der Waals surface area contributed by atoms with Gasteiger partial charge in [0.15, 0.2) is 0 Å². The third-order valence-corrected chi connectivity index (χ3v) is 2.00. The number of aromatic nitrogens is 3. The quantitative estimate of drug-likeness (QED) is 0.806. The Hall–Kier alpha value is -2.30. The normalized spacial score (nSPS) is 10.1. The first-order valence-electron chi connectivity index (χ1n) is 4.74. The average Bonchev–Trinajstić information content (AvgIpc) is 2.29. The van der Waals surface area contributed by atoms with Gasteiger partial charge in [-0.3, -0.25) is 9.78 Å². The van der Waals surface area contributed by atoms with Gasteiger partial charge in [0.05, 0.1) is 11.4 Å². The molecule has 5 nitrogen and oxygen atoms in total. The maximum absolute atomic E-state index is 11.0. The smallest absolute Gasteiger partial charge is 0.286 e. The Kier molecular flexibility index (Phi) is 2.59. The highest BCUT2D eigenvalue weighted by molar-refractivity contribution is 5.89. The number of aryl methyl sites for hydroxylation is 1. The van der Waals surface area contributed by atoms with Gasteiger partial charge in [0.1, 0.15) is 0 Å². The molecule has 0 aromatic carbocycles. The number of carbonyl (C=O) groups excluding carboxylic acids is 1. The molecule has 0 atom stereocenters. The predicted octanol–water partition coefficient (Wildman–Crippen LogP) is 0.946. The molecule has 0 fully saturated rings. The van der Waals surface area contributed by atoms with Gasteiger partial charge in [-0.2, -0.15) is 0 Å². The summed E-state index contributed by atoms with van der Waals surface area (Å²) in [5, 5.41) is 0. The molecule has 2 rings (SSSR count). The lowest BCUT2D eigenvalue weighted by Crippen LogP contribution is -2.16. The standard InChI is InChI=1S/C11H10N4O/c1-7-6-9(8-4-2-3-5-13-8)15-11(14-7)10(12)16/h2-6H,1H3,(H2,12,16). The highest BCUT2D eigenvalue weighted by Gasteiger charge is 2.08. The van der Waals surface area contributed by atoms with Crippen LogP contribution < -0.4 is 5.73 Å². The molecule has 0 bridgehead atoms. The van der Waals surface area contributed by atoms with Crippen LogP contribution in [0.25, 0.3) is 11.4 Å². The molecule has 16 heavy (non-hydrogen) atoms. The van der Waals surface area contributed by atoms with Crippen molar-refractivity contribution in [3.05, 3.63) is 42.0 Å². The van der Waals surface area contributed by atoms with E-state index < -0.39 is 5.91 Å². The SMILES string of the molecule is Cc1cc(-c2ccccn2)nc(C(N)=O)n1. The van der Waals surface area contributed by atoms with Gasteiger partial charge in [0.2, 0.25) is 5.82 Å². The highest BCUT2D eigenvalue weighted by Crippen LogP contribution is 2.14. The zero-order chi connectivity index (χ0) is 11.5. The molecule has 0 radical (unpaired) electrons. The zero-order valence-electron chi connectivity index (χ0n) is 8.71. The van der Waals surface area contributed by atoms with Crippen LogP contribution >= 0.6 is 0 Å². The van der Waals surface area contributed by atoms with Gasteiger partial charge < -0.3 is 5.73 Å². The maximum atomic E-state index is 11.0. The van der Waals surface area contributed by atoms with E-state index in [0.29, 0.717) is 17.1 Å². The van der Waals surface area contributed by atoms with E-state index in [1.165, 1.54) is 0 Å². The summed E-state index contributed by atoms with van der Waals surface area (Å²) in [6.07, 6.45) is 1.66. The minimum Gasteiger partial charge on any atom is -0.363 e. The minimum atomic E-state index is -0.638. The minimum absolute atomic E-state index is 0.0145. The van der Waals surface area contributed by atoms with Crippen LogP contribution in [0.1, 0.15) is 16.3 Å². The molecule has 2 N–H and O–H groups in total. The lowest BCUT2D eigenvalue weighted by Gasteiger charge is -2.02. The molecule has 2 aromatic rings. The second-order valence-electron chi connectivity index (χ2n) is 3.30. The van der Waals surface area contributed by atoms with Crippen LogP contribution in [0.3, 0.4) is 0 Å². The van der Waals surface area contributed by atoms with Crippen molar-refractivity contribution < 1.29 is 4.79 Å². The fourth-order valence-electron chi connectivity index (χ4n) is 1.32. The van der Waals surface area contributed by atoms with Crippen LogP contribution in [-0.2, 0) is 0 Å². The topological polar surface area (TPSA) is 81.8 Å². The Morgan fingerprint density at radius 1 is 1.25 bits per heavy atom. The Morgan fingerprint density at radius 2 is 2.06 bits per heavy atom. The lowest BCUT2D eigenvalue weighted by atomic mass is 10.2. The number of primary amides is 1. The number of amides is 1. The Labute approximate surface area is 92.4 Å². The number of carbonyl (C=O) groups is 1. The molecule has 0 saturated carbocycles. The van der Waals surface area contributed by atoms with Crippen LogP contribution in [0.4, 0.5) is 0 Å². The van der Waals surface area contributed by atoms with E-state index in [1.807, 2.05) is 18.2 Å². The molecule has 80 valence electrons. The second-order valence-corrected chi connectivity index (χ2v) is 3.30. The molecule has 0 unspecified atom stereocenters. The molecular weight excluding hydrogens is 204 g/mol. The summed E-state index contributed by atoms with van der Waals surface area (Å²) >= 11 is 0. The molecule has 1 amide bonds. The first kappa shape index (κ1) is 10.2. The Balaban J connectivity index is 2.54. The molecule has 2 aromatic heterocycles. The van der Waals surface area contributed by atoms with Crippen molar-refractivity contribution in [3.63, 3.8) is 0 Å². The molecule has 0 aliphatic heterocycles. The van der Waals surface area contributed by atoms with Crippen LogP contribution in [0.2, 0.25) is 0 Å². The van der Waals surface area contributed by atoms with E-state index >= 15 is 0 Å². The molecule has 5 heteroatoms. The largest absolute Gasteiger partial charge is 0.363 e. The van der Waals surface area contributed by atoms with E-state index in [4.69, 9.17) is 5.73 Å². The fraction of sp³-hybridized carbons (Fsp3) is 0.0909. The van der Waals surface area contributed by atoms with E-state index in [9.17, 15) is 4.79 Å². The molecule has 0 aliphatic rings. The van der Waals surface area contributed by atoms with Crippen LogP contribution in [0, 0.1) is 6.92 Å².